The lowest BCUT2D eigenvalue weighted by Gasteiger charge is -2.31. The van der Waals surface area contributed by atoms with Crippen molar-refractivity contribution in [1.82, 2.24) is 15.2 Å². The molecule has 2 aromatic rings. The summed E-state index contributed by atoms with van der Waals surface area (Å²) in [6.07, 6.45) is 4.75. The van der Waals surface area contributed by atoms with Gasteiger partial charge in [0.1, 0.15) is 0 Å². The molecule has 0 saturated carbocycles. The molecule has 1 amide bonds. The summed E-state index contributed by atoms with van der Waals surface area (Å²) in [4.78, 5) is 19.5. The lowest BCUT2D eigenvalue weighted by atomic mass is 10.0. The van der Waals surface area contributed by atoms with Gasteiger partial charge in [0.05, 0.1) is 23.9 Å². The van der Waals surface area contributed by atoms with E-state index in [-0.39, 0.29) is 11.9 Å². The minimum Gasteiger partial charge on any atom is -0.330 e. The van der Waals surface area contributed by atoms with Crippen molar-refractivity contribution in [3.8, 4) is 6.07 Å². The van der Waals surface area contributed by atoms with E-state index >= 15 is 0 Å². The van der Waals surface area contributed by atoms with E-state index in [9.17, 15) is 4.79 Å². The molecule has 1 aliphatic rings. The van der Waals surface area contributed by atoms with Gasteiger partial charge in [-0.3, -0.25) is 9.78 Å². The molecule has 3 rings (SSSR count). The summed E-state index contributed by atoms with van der Waals surface area (Å²) in [7, 11) is 0. The van der Waals surface area contributed by atoms with Crippen molar-refractivity contribution in [1.29, 1.82) is 5.26 Å². The predicted octanol–water partition coefficient (Wildman–Crippen LogP) is 2.74. The Morgan fingerprint density at radius 2 is 2.04 bits per heavy atom. The van der Waals surface area contributed by atoms with E-state index in [1.54, 1.807) is 30.5 Å². The molecule has 5 heteroatoms. The first-order valence-corrected chi connectivity index (χ1v) is 8.69. The van der Waals surface area contributed by atoms with Crippen LogP contribution in [0, 0.1) is 11.3 Å². The third-order valence-corrected chi connectivity index (χ3v) is 4.57. The van der Waals surface area contributed by atoms with Crippen LogP contribution >= 0.6 is 0 Å². The Balaban J connectivity index is 1.85. The number of carbonyl (C=O) groups is 1. The molecular weight excluding hydrogens is 312 g/mol. The summed E-state index contributed by atoms with van der Waals surface area (Å²) in [5, 5.41) is 12.3. The van der Waals surface area contributed by atoms with Gasteiger partial charge in [0.2, 0.25) is 0 Å². The second-order valence-electron chi connectivity index (χ2n) is 6.28. The van der Waals surface area contributed by atoms with Gasteiger partial charge in [-0.1, -0.05) is 6.07 Å². The third kappa shape index (κ3) is 4.43. The molecule has 128 valence electrons. The average Bonchev–Trinajstić information content (AvgIpc) is 2.96. The normalized spacial score (nSPS) is 17.3. The van der Waals surface area contributed by atoms with Crippen LogP contribution in [-0.2, 0) is 6.54 Å². The number of nitriles is 1. The fourth-order valence-corrected chi connectivity index (χ4v) is 3.20. The number of nitrogens with one attached hydrogen (secondary N) is 1. The van der Waals surface area contributed by atoms with Crippen LogP contribution in [0.3, 0.4) is 0 Å². The largest absolute Gasteiger partial charge is 0.330 e. The van der Waals surface area contributed by atoms with Crippen LogP contribution in [0.15, 0.2) is 48.7 Å². The van der Waals surface area contributed by atoms with E-state index in [1.165, 1.54) is 0 Å². The smallest absolute Gasteiger partial charge is 0.254 e. The summed E-state index contributed by atoms with van der Waals surface area (Å²) < 4.78 is 0. The molecule has 1 aliphatic heterocycles. The quantitative estimate of drug-likeness (QED) is 0.933. The van der Waals surface area contributed by atoms with Gasteiger partial charge in [-0.15, -0.1) is 0 Å². The van der Waals surface area contributed by atoms with Gasteiger partial charge < -0.3 is 10.2 Å². The van der Waals surface area contributed by atoms with Crippen LogP contribution in [0.1, 0.15) is 40.9 Å². The SMILES string of the molecule is N#Cc1ccc(C(=O)N(Cc2ccccn2)[C@H]2CCCNCC2)cc1. The zero-order valence-corrected chi connectivity index (χ0v) is 14.2. The van der Waals surface area contributed by atoms with Gasteiger partial charge in [0, 0.05) is 17.8 Å². The Labute approximate surface area is 148 Å². The fraction of sp³-hybridized carbons (Fsp3) is 0.350. The van der Waals surface area contributed by atoms with Crippen LogP contribution in [0.4, 0.5) is 0 Å². The van der Waals surface area contributed by atoms with E-state index in [4.69, 9.17) is 5.26 Å². The molecular formula is C20H22N4O. The first kappa shape index (κ1) is 17.1. The van der Waals surface area contributed by atoms with Crippen LogP contribution in [0.2, 0.25) is 0 Å². The average molecular weight is 334 g/mol. The number of amides is 1. The lowest BCUT2D eigenvalue weighted by Crippen LogP contribution is -2.40. The number of benzene rings is 1. The summed E-state index contributed by atoms with van der Waals surface area (Å²) in [5.41, 5.74) is 2.07. The topological polar surface area (TPSA) is 69.0 Å². The third-order valence-electron chi connectivity index (χ3n) is 4.57. The maximum Gasteiger partial charge on any atom is 0.254 e. The Morgan fingerprint density at radius 3 is 2.76 bits per heavy atom. The van der Waals surface area contributed by atoms with Crippen molar-refractivity contribution in [2.75, 3.05) is 13.1 Å². The molecule has 0 unspecified atom stereocenters. The Hall–Kier alpha value is -2.71. The molecule has 2 heterocycles. The van der Waals surface area contributed by atoms with Crippen LogP contribution < -0.4 is 5.32 Å². The van der Waals surface area contributed by atoms with E-state index < -0.39 is 0 Å². The number of carbonyl (C=O) groups excluding carboxylic acids is 1. The molecule has 0 spiro atoms. The molecule has 25 heavy (non-hydrogen) atoms. The Morgan fingerprint density at radius 1 is 1.20 bits per heavy atom. The van der Waals surface area contributed by atoms with E-state index in [2.05, 4.69) is 16.4 Å². The van der Waals surface area contributed by atoms with Gasteiger partial charge in [-0.05, 0) is 68.8 Å². The summed E-state index contributed by atoms with van der Waals surface area (Å²) >= 11 is 0. The maximum absolute atomic E-state index is 13.2. The molecule has 1 saturated heterocycles. The molecule has 1 atom stereocenters. The number of hydrogen-bond acceptors (Lipinski definition) is 4. The fourth-order valence-electron chi connectivity index (χ4n) is 3.20. The summed E-state index contributed by atoms with van der Waals surface area (Å²) in [6, 6.07) is 14.9. The van der Waals surface area contributed by atoms with Gasteiger partial charge in [0.15, 0.2) is 0 Å². The Bertz CT molecular complexity index is 729. The van der Waals surface area contributed by atoms with Crippen LogP contribution in [0.5, 0.6) is 0 Å². The zero-order chi connectivity index (χ0) is 17.5. The van der Waals surface area contributed by atoms with Crippen molar-refractivity contribution in [2.24, 2.45) is 0 Å². The minimum absolute atomic E-state index is 0.00189. The second-order valence-corrected chi connectivity index (χ2v) is 6.28. The number of aromatic nitrogens is 1. The first-order chi connectivity index (χ1) is 12.3. The van der Waals surface area contributed by atoms with Crippen molar-refractivity contribution in [3.05, 3.63) is 65.5 Å². The molecule has 1 fully saturated rings. The van der Waals surface area contributed by atoms with Gasteiger partial charge in [-0.25, -0.2) is 0 Å². The summed E-state index contributed by atoms with van der Waals surface area (Å²) in [5.74, 6) is 0.00189. The second kappa shape index (κ2) is 8.41. The van der Waals surface area contributed by atoms with Gasteiger partial charge >= 0.3 is 0 Å². The van der Waals surface area contributed by atoms with E-state index in [1.807, 2.05) is 23.1 Å². The standard InChI is InChI=1S/C20H22N4O/c21-14-16-6-8-17(9-7-16)20(25)24(15-18-4-1-2-12-23-18)19-5-3-11-22-13-10-19/h1-2,4,6-9,12,19,22H,3,5,10-11,13,15H2/t19-/m0/s1. The van der Waals surface area contributed by atoms with Crippen molar-refractivity contribution >= 4 is 5.91 Å². The molecule has 5 nitrogen and oxygen atoms in total. The molecule has 1 N–H and O–H groups in total. The number of pyridine rings is 1. The first-order valence-electron chi connectivity index (χ1n) is 8.69. The molecule has 1 aromatic heterocycles. The van der Waals surface area contributed by atoms with Crippen molar-refractivity contribution < 1.29 is 4.79 Å². The monoisotopic (exact) mass is 334 g/mol. The zero-order valence-electron chi connectivity index (χ0n) is 14.2. The number of nitrogens with zero attached hydrogens (tertiary/aromatic N) is 3. The predicted molar refractivity (Wildman–Crippen MR) is 95.8 cm³/mol. The maximum atomic E-state index is 13.2. The molecule has 0 radical (unpaired) electrons. The highest BCUT2D eigenvalue weighted by atomic mass is 16.2. The summed E-state index contributed by atoms with van der Waals surface area (Å²) in [6.45, 7) is 2.42. The highest BCUT2D eigenvalue weighted by molar-refractivity contribution is 5.94. The highest BCUT2D eigenvalue weighted by Crippen LogP contribution is 2.19. The van der Waals surface area contributed by atoms with E-state index in [0.717, 1.165) is 38.0 Å². The van der Waals surface area contributed by atoms with Gasteiger partial charge in [-0.2, -0.15) is 5.26 Å². The van der Waals surface area contributed by atoms with Crippen LogP contribution in [-0.4, -0.2) is 34.9 Å². The highest BCUT2D eigenvalue weighted by Gasteiger charge is 2.26. The molecule has 1 aromatic carbocycles. The Kier molecular flexibility index (Phi) is 5.76. The van der Waals surface area contributed by atoms with E-state index in [0.29, 0.717) is 17.7 Å². The van der Waals surface area contributed by atoms with Gasteiger partial charge in [0.25, 0.3) is 5.91 Å². The number of hydrogen-bond donors (Lipinski definition) is 1. The molecule has 0 aliphatic carbocycles. The lowest BCUT2D eigenvalue weighted by molar-refractivity contribution is 0.0642. The van der Waals surface area contributed by atoms with Crippen molar-refractivity contribution in [2.45, 2.75) is 31.8 Å². The van der Waals surface area contributed by atoms with Crippen LogP contribution in [0.25, 0.3) is 0 Å². The number of rotatable bonds is 4. The minimum atomic E-state index is 0.00189. The van der Waals surface area contributed by atoms with Crippen molar-refractivity contribution in [3.63, 3.8) is 0 Å². The molecule has 0 bridgehead atoms.